The van der Waals surface area contributed by atoms with Crippen LogP contribution in [0.1, 0.15) is 15.9 Å². The summed E-state index contributed by atoms with van der Waals surface area (Å²) in [6.07, 6.45) is 0. The molecule has 0 saturated heterocycles. The second-order valence-electron chi connectivity index (χ2n) is 4.39. The Morgan fingerprint density at radius 1 is 1.10 bits per heavy atom. The molecule has 5 nitrogen and oxygen atoms in total. The molecule has 5 heteroatoms. The molecule has 0 aliphatic heterocycles. The minimum atomic E-state index is -0.539. The topological polar surface area (TPSA) is 87.6 Å². The van der Waals surface area contributed by atoms with E-state index in [1.807, 2.05) is 13.0 Å². The Kier molecular flexibility index (Phi) is 3.79. The van der Waals surface area contributed by atoms with Gasteiger partial charge in [-0.05, 0) is 42.8 Å². The van der Waals surface area contributed by atoms with Crippen LogP contribution in [0, 0.1) is 6.92 Å². The van der Waals surface area contributed by atoms with Crippen molar-refractivity contribution in [2.75, 3.05) is 12.8 Å². The molecule has 1 amide bonds. The third-order valence-electron chi connectivity index (χ3n) is 2.83. The fourth-order valence-corrected chi connectivity index (χ4v) is 1.80. The van der Waals surface area contributed by atoms with Gasteiger partial charge in [-0.25, -0.2) is 0 Å². The number of carbonyl (C=O) groups is 1. The molecule has 20 heavy (non-hydrogen) atoms. The molecule has 2 aromatic rings. The lowest BCUT2D eigenvalue weighted by Crippen LogP contribution is -2.11. The Balaban J connectivity index is 2.37. The van der Waals surface area contributed by atoms with Crippen molar-refractivity contribution in [2.45, 2.75) is 6.92 Å². The maximum atomic E-state index is 11.3. The quantitative estimate of drug-likeness (QED) is 0.837. The Hall–Kier alpha value is -2.69. The number of ether oxygens (including phenoxy) is 2. The van der Waals surface area contributed by atoms with Gasteiger partial charge in [-0.2, -0.15) is 0 Å². The van der Waals surface area contributed by atoms with Crippen molar-refractivity contribution >= 4 is 11.6 Å². The number of aryl methyl sites for hydroxylation is 1. The zero-order valence-electron chi connectivity index (χ0n) is 11.3. The first kappa shape index (κ1) is 13.7. The van der Waals surface area contributed by atoms with Gasteiger partial charge in [-0.15, -0.1) is 0 Å². The summed E-state index contributed by atoms with van der Waals surface area (Å²) in [4.78, 5) is 11.3. The van der Waals surface area contributed by atoms with E-state index in [2.05, 4.69) is 0 Å². The summed E-state index contributed by atoms with van der Waals surface area (Å²) in [7, 11) is 1.51. The highest BCUT2D eigenvalue weighted by atomic mass is 16.5. The average molecular weight is 272 g/mol. The van der Waals surface area contributed by atoms with Crippen LogP contribution in [-0.2, 0) is 0 Å². The van der Waals surface area contributed by atoms with Gasteiger partial charge in [-0.1, -0.05) is 0 Å². The highest BCUT2D eigenvalue weighted by Gasteiger charge is 2.09. The summed E-state index contributed by atoms with van der Waals surface area (Å²) in [6.45, 7) is 1.89. The van der Waals surface area contributed by atoms with Crippen LogP contribution in [0.2, 0.25) is 0 Å². The third-order valence-corrected chi connectivity index (χ3v) is 2.83. The molecule has 0 bridgehead atoms. The van der Waals surface area contributed by atoms with E-state index in [4.69, 9.17) is 20.9 Å². The van der Waals surface area contributed by atoms with E-state index >= 15 is 0 Å². The van der Waals surface area contributed by atoms with Crippen molar-refractivity contribution in [3.05, 3.63) is 47.5 Å². The van der Waals surface area contributed by atoms with E-state index in [-0.39, 0.29) is 0 Å². The van der Waals surface area contributed by atoms with Gasteiger partial charge >= 0.3 is 0 Å². The molecule has 2 rings (SSSR count). The second-order valence-corrected chi connectivity index (χ2v) is 4.39. The minimum Gasteiger partial charge on any atom is -0.497 e. The van der Waals surface area contributed by atoms with E-state index in [9.17, 15) is 4.79 Å². The highest BCUT2D eigenvalue weighted by Crippen LogP contribution is 2.30. The first-order valence-electron chi connectivity index (χ1n) is 6.02. The summed E-state index contributed by atoms with van der Waals surface area (Å²) in [5, 5.41) is 0. The summed E-state index contributed by atoms with van der Waals surface area (Å²) in [6, 6.07) is 10.1. The number of hydrogen-bond donors (Lipinski definition) is 2. The zero-order valence-corrected chi connectivity index (χ0v) is 11.3. The molecule has 2 aromatic carbocycles. The van der Waals surface area contributed by atoms with Crippen LogP contribution >= 0.6 is 0 Å². The van der Waals surface area contributed by atoms with Gasteiger partial charge in [0.15, 0.2) is 0 Å². The van der Waals surface area contributed by atoms with Gasteiger partial charge < -0.3 is 20.9 Å². The summed E-state index contributed by atoms with van der Waals surface area (Å²) in [5.41, 5.74) is 12.9. The molecule has 0 spiro atoms. The number of methoxy groups -OCH3 is 1. The first-order chi connectivity index (χ1) is 9.49. The van der Waals surface area contributed by atoms with Crippen molar-refractivity contribution in [1.29, 1.82) is 0 Å². The van der Waals surface area contributed by atoms with Crippen LogP contribution in [-0.4, -0.2) is 13.0 Å². The van der Waals surface area contributed by atoms with Crippen LogP contribution in [0.25, 0.3) is 0 Å². The van der Waals surface area contributed by atoms with Crippen LogP contribution in [0.4, 0.5) is 5.69 Å². The Morgan fingerprint density at radius 2 is 1.80 bits per heavy atom. The van der Waals surface area contributed by atoms with Crippen molar-refractivity contribution in [1.82, 2.24) is 0 Å². The van der Waals surface area contributed by atoms with Crippen LogP contribution < -0.4 is 20.9 Å². The zero-order chi connectivity index (χ0) is 14.7. The summed E-state index contributed by atoms with van der Waals surface area (Å²) < 4.78 is 10.9. The van der Waals surface area contributed by atoms with E-state index in [1.54, 1.807) is 30.3 Å². The number of hydrogen-bond acceptors (Lipinski definition) is 4. The Bertz CT molecular complexity index is 654. The van der Waals surface area contributed by atoms with Crippen molar-refractivity contribution in [3.63, 3.8) is 0 Å². The number of amides is 1. The van der Waals surface area contributed by atoms with E-state index in [0.29, 0.717) is 28.5 Å². The van der Waals surface area contributed by atoms with Crippen molar-refractivity contribution < 1.29 is 14.3 Å². The average Bonchev–Trinajstić information content (AvgIpc) is 2.41. The van der Waals surface area contributed by atoms with Crippen molar-refractivity contribution in [2.24, 2.45) is 5.73 Å². The molecule has 0 unspecified atom stereocenters. The molecular weight excluding hydrogens is 256 g/mol. The predicted molar refractivity (Wildman–Crippen MR) is 77.2 cm³/mol. The van der Waals surface area contributed by atoms with Gasteiger partial charge in [0.05, 0.1) is 7.11 Å². The van der Waals surface area contributed by atoms with E-state index in [0.717, 1.165) is 5.56 Å². The second kappa shape index (κ2) is 5.52. The lowest BCUT2D eigenvalue weighted by Gasteiger charge is -2.11. The van der Waals surface area contributed by atoms with Gasteiger partial charge in [0, 0.05) is 17.3 Å². The number of nitrogens with two attached hydrogens (primary N) is 2. The predicted octanol–water partition coefficient (Wildman–Crippen LogP) is 2.48. The maximum absolute atomic E-state index is 11.3. The normalized spacial score (nSPS) is 10.1. The van der Waals surface area contributed by atoms with Gasteiger partial charge in [0.25, 0.3) is 0 Å². The van der Waals surface area contributed by atoms with Gasteiger partial charge in [-0.3, -0.25) is 4.79 Å². The molecule has 0 radical (unpaired) electrons. The van der Waals surface area contributed by atoms with E-state index < -0.39 is 5.91 Å². The molecule has 0 aliphatic carbocycles. The fraction of sp³-hybridized carbons (Fsp3) is 0.133. The fourth-order valence-electron chi connectivity index (χ4n) is 1.80. The maximum Gasteiger partial charge on any atom is 0.248 e. The lowest BCUT2D eigenvalue weighted by atomic mass is 10.2. The Labute approximate surface area is 117 Å². The molecule has 4 N–H and O–H groups in total. The molecular formula is C15H16N2O3. The van der Waals surface area contributed by atoms with Crippen LogP contribution in [0.5, 0.6) is 17.2 Å². The first-order valence-corrected chi connectivity index (χ1v) is 6.02. The number of nitrogen functional groups attached to an aromatic ring is 1. The smallest absolute Gasteiger partial charge is 0.248 e. The molecule has 0 heterocycles. The summed E-state index contributed by atoms with van der Waals surface area (Å²) >= 11 is 0. The molecule has 0 fully saturated rings. The van der Waals surface area contributed by atoms with Gasteiger partial charge in [0.2, 0.25) is 5.91 Å². The minimum absolute atomic E-state index is 0.326. The number of primary amides is 1. The summed E-state index contributed by atoms with van der Waals surface area (Å²) in [5.74, 6) is 1.10. The number of benzene rings is 2. The third kappa shape index (κ3) is 3.00. The standard InChI is InChI=1S/C15H16N2O3/c1-9-5-11(16)3-4-14(9)20-13-7-10(15(17)18)6-12(8-13)19-2/h3-8H,16H2,1-2H3,(H2,17,18). The molecule has 0 atom stereocenters. The van der Waals surface area contributed by atoms with Crippen LogP contribution in [0.15, 0.2) is 36.4 Å². The van der Waals surface area contributed by atoms with Crippen molar-refractivity contribution in [3.8, 4) is 17.2 Å². The number of anilines is 1. The molecule has 104 valence electrons. The molecule has 0 saturated carbocycles. The number of rotatable bonds is 4. The van der Waals surface area contributed by atoms with E-state index in [1.165, 1.54) is 7.11 Å². The largest absolute Gasteiger partial charge is 0.497 e. The number of carbonyl (C=O) groups excluding carboxylic acids is 1. The highest BCUT2D eigenvalue weighted by molar-refractivity contribution is 5.93. The molecule has 0 aliphatic rings. The van der Waals surface area contributed by atoms with Crippen LogP contribution in [0.3, 0.4) is 0 Å². The molecule has 0 aromatic heterocycles. The SMILES string of the molecule is COc1cc(Oc2ccc(N)cc2C)cc(C(N)=O)c1. The monoisotopic (exact) mass is 272 g/mol. The lowest BCUT2D eigenvalue weighted by molar-refractivity contribution is 0.0999. The Morgan fingerprint density at radius 3 is 2.40 bits per heavy atom. The van der Waals surface area contributed by atoms with Gasteiger partial charge in [0.1, 0.15) is 17.2 Å².